The molecule has 1 aromatic heterocycles. The van der Waals surface area contributed by atoms with Crippen molar-refractivity contribution in [2.24, 2.45) is 5.73 Å². The second-order valence-corrected chi connectivity index (χ2v) is 2.58. The van der Waals surface area contributed by atoms with Crippen LogP contribution in [0.3, 0.4) is 0 Å². The maximum Gasteiger partial charge on any atom is 0.435 e. The van der Waals surface area contributed by atoms with Gasteiger partial charge >= 0.3 is 6.18 Å². The Morgan fingerprint density at radius 3 is 2.46 bits per heavy atom. The van der Waals surface area contributed by atoms with Crippen molar-refractivity contribution in [1.29, 1.82) is 0 Å². The van der Waals surface area contributed by atoms with Crippen molar-refractivity contribution < 1.29 is 13.2 Å². The van der Waals surface area contributed by atoms with Gasteiger partial charge in [-0.25, -0.2) is 0 Å². The van der Waals surface area contributed by atoms with Crippen molar-refractivity contribution in [3.63, 3.8) is 0 Å². The average Bonchev–Trinajstić information content (AvgIpc) is 2.45. The van der Waals surface area contributed by atoms with Gasteiger partial charge in [0.15, 0.2) is 5.69 Å². The van der Waals surface area contributed by atoms with Crippen molar-refractivity contribution in [3.05, 3.63) is 17.0 Å². The Balaban J connectivity index is 3.16. The van der Waals surface area contributed by atoms with E-state index in [1.807, 2.05) is 0 Å². The normalized spacial score (nSPS) is 12.1. The maximum absolute atomic E-state index is 12.2. The number of hydrogen-bond acceptors (Lipinski definition) is 2. The lowest BCUT2D eigenvalue weighted by Crippen LogP contribution is -2.11. The summed E-state index contributed by atoms with van der Waals surface area (Å²) in [6.45, 7) is 1.60. The highest BCUT2D eigenvalue weighted by Gasteiger charge is 2.37. The van der Waals surface area contributed by atoms with Crippen molar-refractivity contribution in [2.45, 2.75) is 26.1 Å². The van der Waals surface area contributed by atoms with Gasteiger partial charge in [0.25, 0.3) is 0 Å². The number of halogens is 3. The van der Waals surface area contributed by atoms with E-state index in [1.165, 1.54) is 0 Å². The summed E-state index contributed by atoms with van der Waals surface area (Å²) in [5, 5.41) is 5.53. The van der Waals surface area contributed by atoms with Crippen LogP contribution in [0.5, 0.6) is 0 Å². The minimum Gasteiger partial charge on any atom is -0.326 e. The number of aromatic amines is 1. The van der Waals surface area contributed by atoms with Gasteiger partial charge in [-0.2, -0.15) is 18.3 Å². The average molecular weight is 193 g/mol. The molecule has 0 spiro atoms. The van der Waals surface area contributed by atoms with E-state index < -0.39 is 11.9 Å². The predicted octanol–water partition coefficient (Wildman–Crippen LogP) is 1.45. The summed E-state index contributed by atoms with van der Waals surface area (Å²) < 4.78 is 36.7. The lowest BCUT2D eigenvalue weighted by atomic mass is 10.1. The first-order valence-electron chi connectivity index (χ1n) is 3.84. The lowest BCUT2D eigenvalue weighted by Gasteiger charge is -2.04. The molecule has 0 aliphatic heterocycles. The van der Waals surface area contributed by atoms with Gasteiger partial charge in [0.05, 0.1) is 0 Å². The zero-order chi connectivity index (χ0) is 10.1. The topological polar surface area (TPSA) is 54.7 Å². The molecular formula is C7H10F3N3. The van der Waals surface area contributed by atoms with Crippen LogP contribution < -0.4 is 5.73 Å². The summed E-state index contributed by atoms with van der Waals surface area (Å²) >= 11 is 0. The summed E-state index contributed by atoms with van der Waals surface area (Å²) in [5.41, 5.74) is 4.83. The molecule has 6 heteroatoms. The number of hydrogen-bond donors (Lipinski definition) is 2. The van der Waals surface area contributed by atoms with Crippen LogP contribution in [0.4, 0.5) is 13.2 Å². The van der Waals surface area contributed by atoms with E-state index in [-0.39, 0.29) is 12.1 Å². The predicted molar refractivity (Wildman–Crippen MR) is 40.9 cm³/mol. The number of aromatic nitrogens is 2. The van der Waals surface area contributed by atoms with Crippen LogP contribution >= 0.6 is 0 Å². The number of nitrogens with zero attached hydrogens (tertiary/aromatic N) is 1. The van der Waals surface area contributed by atoms with Gasteiger partial charge in [0.2, 0.25) is 0 Å². The minimum absolute atomic E-state index is 0.0648. The van der Waals surface area contributed by atoms with E-state index in [2.05, 4.69) is 10.2 Å². The van der Waals surface area contributed by atoms with Crippen LogP contribution in [-0.4, -0.2) is 10.2 Å². The molecule has 13 heavy (non-hydrogen) atoms. The third kappa shape index (κ3) is 1.82. The largest absolute Gasteiger partial charge is 0.435 e. The van der Waals surface area contributed by atoms with E-state index in [4.69, 9.17) is 5.73 Å². The third-order valence-electron chi connectivity index (χ3n) is 1.78. The van der Waals surface area contributed by atoms with Gasteiger partial charge in [-0.05, 0) is 6.42 Å². The van der Waals surface area contributed by atoms with Crippen molar-refractivity contribution in [2.75, 3.05) is 0 Å². The summed E-state index contributed by atoms with van der Waals surface area (Å²) in [6.07, 6.45) is -3.95. The van der Waals surface area contributed by atoms with Gasteiger partial charge in [-0.1, -0.05) is 6.92 Å². The molecule has 0 saturated heterocycles. The molecule has 0 fully saturated rings. The van der Waals surface area contributed by atoms with Gasteiger partial charge in [-0.3, -0.25) is 5.10 Å². The molecule has 0 aliphatic rings. The van der Waals surface area contributed by atoms with E-state index in [1.54, 1.807) is 6.92 Å². The molecule has 0 amide bonds. The van der Waals surface area contributed by atoms with Crippen molar-refractivity contribution in [1.82, 2.24) is 10.2 Å². The van der Waals surface area contributed by atoms with E-state index in [9.17, 15) is 13.2 Å². The van der Waals surface area contributed by atoms with Crippen LogP contribution in [0.25, 0.3) is 0 Å². The SMILES string of the molecule is CCc1[nH]nc(C(F)(F)F)c1CN. The first-order valence-corrected chi connectivity index (χ1v) is 3.84. The van der Waals surface area contributed by atoms with Crippen molar-refractivity contribution >= 4 is 0 Å². The fraction of sp³-hybridized carbons (Fsp3) is 0.571. The van der Waals surface area contributed by atoms with Crippen LogP contribution in [-0.2, 0) is 19.1 Å². The Morgan fingerprint density at radius 2 is 2.08 bits per heavy atom. The molecule has 1 rings (SSSR count). The van der Waals surface area contributed by atoms with Crippen LogP contribution in [0.1, 0.15) is 23.9 Å². The number of H-pyrrole nitrogens is 1. The first-order chi connectivity index (χ1) is 6.00. The molecule has 0 saturated carbocycles. The molecule has 0 unspecified atom stereocenters. The Hall–Kier alpha value is -1.04. The Labute approximate surface area is 73.1 Å². The number of nitrogens with one attached hydrogen (secondary N) is 1. The second kappa shape index (κ2) is 3.37. The highest BCUT2D eigenvalue weighted by Crippen LogP contribution is 2.31. The van der Waals surface area contributed by atoms with E-state index in [0.29, 0.717) is 12.1 Å². The maximum atomic E-state index is 12.2. The van der Waals surface area contributed by atoms with E-state index >= 15 is 0 Å². The van der Waals surface area contributed by atoms with Gasteiger partial charge in [0, 0.05) is 17.8 Å². The number of aryl methyl sites for hydroxylation is 1. The highest BCUT2D eigenvalue weighted by atomic mass is 19.4. The van der Waals surface area contributed by atoms with Gasteiger partial charge in [0.1, 0.15) is 0 Å². The molecule has 1 aromatic rings. The van der Waals surface area contributed by atoms with Crippen LogP contribution in [0, 0.1) is 0 Å². The first kappa shape index (κ1) is 10.0. The van der Waals surface area contributed by atoms with E-state index in [0.717, 1.165) is 0 Å². The lowest BCUT2D eigenvalue weighted by molar-refractivity contribution is -0.141. The zero-order valence-electron chi connectivity index (χ0n) is 7.07. The Kier molecular flexibility index (Phi) is 2.60. The quantitative estimate of drug-likeness (QED) is 0.746. The molecule has 3 N–H and O–H groups in total. The highest BCUT2D eigenvalue weighted by molar-refractivity contribution is 5.27. The summed E-state index contributed by atoms with van der Waals surface area (Å²) in [7, 11) is 0. The molecule has 0 atom stereocenters. The number of alkyl halides is 3. The monoisotopic (exact) mass is 193 g/mol. The molecular weight excluding hydrogens is 183 g/mol. The Morgan fingerprint density at radius 1 is 1.46 bits per heavy atom. The van der Waals surface area contributed by atoms with Crippen LogP contribution in [0.2, 0.25) is 0 Å². The summed E-state index contributed by atoms with van der Waals surface area (Å²) in [4.78, 5) is 0. The molecule has 0 bridgehead atoms. The van der Waals surface area contributed by atoms with Crippen LogP contribution in [0.15, 0.2) is 0 Å². The Bertz CT molecular complexity index is 290. The fourth-order valence-corrected chi connectivity index (χ4v) is 1.15. The minimum atomic E-state index is -4.42. The number of rotatable bonds is 2. The number of nitrogens with two attached hydrogens (primary N) is 1. The second-order valence-electron chi connectivity index (χ2n) is 2.58. The van der Waals surface area contributed by atoms with Gasteiger partial charge in [-0.15, -0.1) is 0 Å². The standard InChI is InChI=1S/C7H10F3N3/c1-2-5-4(3-11)6(13-12-5)7(8,9)10/h2-3,11H2,1H3,(H,12,13). The smallest absolute Gasteiger partial charge is 0.326 e. The van der Waals surface area contributed by atoms with Gasteiger partial charge < -0.3 is 5.73 Å². The molecule has 74 valence electrons. The third-order valence-corrected chi connectivity index (χ3v) is 1.78. The molecule has 0 aromatic carbocycles. The summed E-state index contributed by atoms with van der Waals surface area (Å²) in [6, 6.07) is 0. The molecule has 1 heterocycles. The molecule has 3 nitrogen and oxygen atoms in total. The molecule has 0 radical (unpaired) electrons. The van der Waals surface area contributed by atoms with Crippen molar-refractivity contribution in [3.8, 4) is 0 Å². The fourth-order valence-electron chi connectivity index (χ4n) is 1.15. The molecule has 0 aliphatic carbocycles. The summed E-state index contributed by atoms with van der Waals surface area (Å²) in [5.74, 6) is 0. The zero-order valence-corrected chi connectivity index (χ0v) is 7.07.